The molecule has 0 saturated carbocycles. The monoisotopic (exact) mass is 475 g/mol. The van der Waals surface area contributed by atoms with E-state index in [1.807, 2.05) is 5.38 Å². The zero-order chi connectivity index (χ0) is 22.6. The first-order valence-corrected chi connectivity index (χ1v) is 11.7. The van der Waals surface area contributed by atoms with Gasteiger partial charge in [-0.3, -0.25) is 9.59 Å². The number of thiophene rings is 1. The highest BCUT2D eigenvalue weighted by molar-refractivity contribution is 7.89. The van der Waals surface area contributed by atoms with E-state index in [2.05, 4.69) is 5.32 Å². The Hall–Kier alpha value is -2.44. The van der Waals surface area contributed by atoms with Gasteiger partial charge in [0.15, 0.2) is 0 Å². The van der Waals surface area contributed by atoms with E-state index in [4.69, 9.17) is 0 Å². The van der Waals surface area contributed by atoms with E-state index in [9.17, 15) is 31.2 Å². The molecule has 1 aromatic carbocycles. The molecule has 2 heterocycles. The largest absolute Gasteiger partial charge is 0.402 e. The Bertz CT molecular complexity index is 1020. The number of halogens is 3. The zero-order valence-corrected chi connectivity index (χ0v) is 17.8. The van der Waals surface area contributed by atoms with Crippen LogP contribution < -0.4 is 10.0 Å². The van der Waals surface area contributed by atoms with Crippen LogP contribution in [0.1, 0.15) is 22.5 Å². The van der Waals surface area contributed by atoms with Gasteiger partial charge in [-0.25, -0.2) is 13.1 Å². The van der Waals surface area contributed by atoms with Crippen LogP contribution in [0.4, 0.5) is 18.9 Å². The molecule has 1 unspecified atom stereocenters. The molecule has 3 rings (SSSR count). The second-order valence-corrected chi connectivity index (χ2v) is 9.74. The topological polar surface area (TPSA) is 95.6 Å². The summed E-state index contributed by atoms with van der Waals surface area (Å²) >= 11 is 1.34. The molecule has 12 heteroatoms. The van der Waals surface area contributed by atoms with E-state index in [0.29, 0.717) is 30.0 Å². The van der Waals surface area contributed by atoms with Crippen LogP contribution in [0.2, 0.25) is 0 Å². The predicted molar refractivity (Wildman–Crippen MR) is 109 cm³/mol. The fraction of sp³-hybridized carbons (Fsp3) is 0.368. The van der Waals surface area contributed by atoms with Gasteiger partial charge in [0, 0.05) is 18.8 Å². The fourth-order valence-electron chi connectivity index (χ4n) is 3.15. The number of amides is 2. The number of sulfonamides is 1. The average molecular weight is 476 g/mol. The minimum atomic E-state index is -4.67. The normalized spacial score (nSPS) is 17.4. The van der Waals surface area contributed by atoms with E-state index in [0.717, 1.165) is 12.1 Å². The number of hydrogen-bond acceptors (Lipinski definition) is 5. The number of alkyl halides is 3. The number of nitrogens with zero attached hydrogens (tertiary/aromatic N) is 1. The van der Waals surface area contributed by atoms with E-state index < -0.39 is 28.7 Å². The second kappa shape index (κ2) is 9.37. The van der Waals surface area contributed by atoms with Gasteiger partial charge in [-0.15, -0.1) is 11.3 Å². The van der Waals surface area contributed by atoms with Gasteiger partial charge in [0.2, 0.25) is 15.9 Å². The summed E-state index contributed by atoms with van der Waals surface area (Å²) in [5.41, 5.74) is 0.307. The first-order valence-electron chi connectivity index (χ1n) is 9.35. The van der Waals surface area contributed by atoms with Crippen molar-refractivity contribution in [1.82, 2.24) is 9.62 Å². The molecule has 1 aliphatic heterocycles. The van der Waals surface area contributed by atoms with Gasteiger partial charge in [-0.1, -0.05) is 6.07 Å². The van der Waals surface area contributed by atoms with Crippen LogP contribution in [0.5, 0.6) is 0 Å². The summed E-state index contributed by atoms with van der Waals surface area (Å²) in [6.07, 6.45) is -3.38. The van der Waals surface area contributed by atoms with Crippen molar-refractivity contribution in [3.05, 3.63) is 46.7 Å². The Morgan fingerprint density at radius 3 is 2.48 bits per heavy atom. The highest BCUT2D eigenvalue weighted by atomic mass is 32.2. The van der Waals surface area contributed by atoms with Gasteiger partial charge in [0.25, 0.3) is 5.91 Å². The van der Waals surface area contributed by atoms with Crippen LogP contribution in [-0.2, 0) is 14.8 Å². The van der Waals surface area contributed by atoms with Crippen molar-refractivity contribution in [2.24, 2.45) is 5.92 Å². The number of nitrogens with one attached hydrogen (secondary N) is 2. The van der Waals surface area contributed by atoms with Crippen LogP contribution >= 0.6 is 11.3 Å². The first kappa shape index (κ1) is 23.2. The van der Waals surface area contributed by atoms with Crippen LogP contribution in [0.3, 0.4) is 0 Å². The number of likely N-dealkylation sites (tertiary alicyclic amines) is 1. The average Bonchev–Trinajstić information content (AvgIpc) is 3.27. The molecule has 1 atom stereocenters. The molecule has 2 aromatic rings. The van der Waals surface area contributed by atoms with Crippen molar-refractivity contribution in [2.75, 3.05) is 25.0 Å². The third kappa shape index (κ3) is 6.28. The molecule has 0 radical (unpaired) electrons. The van der Waals surface area contributed by atoms with Crippen molar-refractivity contribution in [2.45, 2.75) is 23.9 Å². The molecular weight excluding hydrogens is 455 g/mol. The molecule has 1 saturated heterocycles. The van der Waals surface area contributed by atoms with Crippen LogP contribution in [0, 0.1) is 5.92 Å². The van der Waals surface area contributed by atoms with E-state index in [-0.39, 0.29) is 23.3 Å². The Balaban J connectivity index is 1.59. The molecule has 2 N–H and O–H groups in total. The SMILES string of the molecule is O=C(Nc1ccc(S(=O)(=O)NCC(F)(F)F)cc1)C1CCCN(C(=O)c2cccs2)C1. The summed E-state index contributed by atoms with van der Waals surface area (Å²) in [5, 5.41) is 4.48. The lowest BCUT2D eigenvalue weighted by atomic mass is 9.97. The molecule has 2 amide bonds. The van der Waals surface area contributed by atoms with Crippen molar-refractivity contribution in [3.8, 4) is 0 Å². The highest BCUT2D eigenvalue weighted by Crippen LogP contribution is 2.23. The lowest BCUT2D eigenvalue weighted by Gasteiger charge is -2.31. The maximum atomic E-state index is 12.6. The third-order valence-electron chi connectivity index (χ3n) is 4.71. The van der Waals surface area contributed by atoms with E-state index in [1.165, 1.54) is 28.2 Å². The lowest BCUT2D eigenvalue weighted by molar-refractivity contribution is -0.122. The molecular formula is C19H20F3N3O4S2. The number of rotatable bonds is 6. The molecule has 7 nitrogen and oxygen atoms in total. The Morgan fingerprint density at radius 1 is 1.16 bits per heavy atom. The Morgan fingerprint density at radius 2 is 1.87 bits per heavy atom. The minimum Gasteiger partial charge on any atom is -0.337 e. The van der Waals surface area contributed by atoms with Gasteiger partial charge in [-0.05, 0) is 48.6 Å². The highest BCUT2D eigenvalue weighted by Gasteiger charge is 2.31. The third-order valence-corrected chi connectivity index (χ3v) is 6.98. The molecule has 31 heavy (non-hydrogen) atoms. The maximum Gasteiger partial charge on any atom is 0.402 e. The summed E-state index contributed by atoms with van der Waals surface area (Å²) in [4.78, 5) is 27.0. The quantitative estimate of drug-likeness (QED) is 0.671. The van der Waals surface area contributed by atoms with E-state index >= 15 is 0 Å². The fourth-order valence-corrected chi connectivity index (χ4v) is 4.86. The van der Waals surface area contributed by atoms with Crippen molar-refractivity contribution in [3.63, 3.8) is 0 Å². The number of carbonyl (C=O) groups is 2. The molecule has 0 bridgehead atoms. The minimum absolute atomic E-state index is 0.117. The summed E-state index contributed by atoms with van der Waals surface area (Å²) in [6, 6.07) is 8.35. The summed E-state index contributed by atoms with van der Waals surface area (Å²) in [6.45, 7) is -0.829. The van der Waals surface area contributed by atoms with Crippen LogP contribution in [0.15, 0.2) is 46.7 Å². The van der Waals surface area contributed by atoms with Crippen LogP contribution in [0.25, 0.3) is 0 Å². The van der Waals surface area contributed by atoms with Crippen LogP contribution in [-0.4, -0.2) is 50.9 Å². The van der Waals surface area contributed by atoms with Crippen molar-refractivity contribution < 1.29 is 31.2 Å². The zero-order valence-electron chi connectivity index (χ0n) is 16.2. The molecule has 0 aliphatic carbocycles. The van der Waals surface area contributed by atoms with Gasteiger partial charge in [-0.2, -0.15) is 13.2 Å². The number of piperidine rings is 1. The second-order valence-electron chi connectivity index (χ2n) is 7.02. The lowest BCUT2D eigenvalue weighted by Crippen LogP contribution is -2.43. The number of hydrogen-bond donors (Lipinski definition) is 2. The van der Waals surface area contributed by atoms with Gasteiger partial charge in [0.05, 0.1) is 15.7 Å². The van der Waals surface area contributed by atoms with E-state index in [1.54, 1.807) is 17.0 Å². The van der Waals surface area contributed by atoms with Gasteiger partial charge < -0.3 is 10.2 Å². The van der Waals surface area contributed by atoms with Crippen molar-refractivity contribution >= 4 is 38.9 Å². The molecule has 1 aliphatic rings. The number of carbonyl (C=O) groups excluding carboxylic acids is 2. The smallest absolute Gasteiger partial charge is 0.337 e. The first-order chi connectivity index (χ1) is 14.5. The summed E-state index contributed by atoms with van der Waals surface area (Å²) in [7, 11) is -4.32. The Labute approximate surface area is 181 Å². The Kier molecular flexibility index (Phi) is 7.02. The molecule has 1 aromatic heterocycles. The number of benzene rings is 1. The maximum absolute atomic E-state index is 12.6. The molecule has 168 valence electrons. The summed E-state index contributed by atoms with van der Waals surface area (Å²) in [5.74, 6) is -0.850. The standard InChI is InChI=1S/C19H20F3N3O4S2/c20-19(21,22)12-23-31(28,29)15-7-5-14(6-8-15)24-17(26)13-3-1-9-25(11-13)18(27)16-4-2-10-30-16/h2,4-8,10,13,23H,1,3,9,11-12H2,(H,24,26). The predicted octanol–water partition coefficient (Wildman–Crippen LogP) is 3.08. The number of anilines is 1. The summed E-state index contributed by atoms with van der Waals surface area (Å²) < 4.78 is 62.1. The molecule has 0 spiro atoms. The van der Waals surface area contributed by atoms with Gasteiger partial charge >= 0.3 is 6.18 Å². The van der Waals surface area contributed by atoms with Gasteiger partial charge in [0.1, 0.15) is 6.54 Å². The molecule has 1 fully saturated rings. The van der Waals surface area contributed by atoms with Crippen molar-refractivity contribution in [1.29, 1.82) is 0 Å².